The van der Waals surface area contributed by atoms with Gasteiger partial charge in [-0.2, -0.15) is 0 Å². The Morgan fingerprint density at radius 2 is 1.86 bits per heavy atom. The third-order valence-corrected chi connectivity index (χ3v) is 1.42. The van der Waals surface area contributed by atoms with Crippen molar-refractivity contribution in [3.63, 3.8) is 0 Å². The summed E-state index contributed by atoms with van der Waals surface area (Å²) in [4.78, 5) is 21.8. The van der Waals surface area contributed by atoms with E-state index in [0.29, 0.717) is 18.6 Å². The first-order valence-corrected chi connectivity index (χ1v) is 4.61. The Balaban J connectivity index is 4.22. The maximum absolute atomic E-state index is 11.3. The van der Waals surface area contributed by atoms with Gasteiger partial charge in [-0.15, -0.1) is 0 Å². The molecule has 0 heterocycles. The number of carbonyl (C=O) groups is 2. The van der Waals surface area contributed by atoms with Crippen LogP contribution in [0, 0.1) is 0 Å². The van der Waals surface area contributed by atoms with Gasteiger partial charge < -0.3 is 9.47 Å². The Hall–Kier alpha value is -1.32. The van der Waals surface area contributed by atoms with E-state index in [4.69, 9.17) is 9.47 Å². The maximum Gasteiger partial charge on any atom is 0.337 e. The predicted molar refractivity (Wildman–Crippen MR) is 51.6 cm³/mol. The van der Waals surface area contributed by atoms with Crippen LogP contribution in [0.1, 0.15) is 27.2 Å². The summed E-state index contributed by atoms with van der Waals surface area (Å²) in [5.74, 6) is -0.827. The summed E-state index contributed by atoms with van der Waals surface area (Å²) in [6.45, 7) is 5.23. The molecule has 0 aromatic heterocycles. The van der Waals surface area contributed by atoms with Crippen molar-refractivity contribution in [2.75, 3.05) is 13.2 Å². The number of allylic oxidation sites excluding steroid dienone is 1. The lowest BCUT2D eigenvalue weighted by Gasteiger charge is -2.06. The van der Waals surface area contributed by atoms with E-state index in [1.807, 2.05) is 6.92 Å². The van der Waals surface area contributed by atoms with Crippen molar-refractivity contribution in [3.8, 4) is 0 Å². The summed E-state index contributed by atoms with van der Waals surface area (Å²) in [7, 11) is 0. The third-order valence-electron chi connectivity index (χ3n) is 1.42. The molecule has 0 bridgehead atoms. The van der Waals surface area contributed by atoms with Crippen molar-refractivity contribution < 1.29 is 19.1 Å². The Morgan fingerprint density at radius 1 is 1.21 bits per heavy atom. The average Bonchev–Trinajstić information content (AvgIpc) is 2.12. The maximum atomic E-state index is 11.3. The van der Waals surface area contributed by atoms with Gasteiger partial charge in [0.05, 0.1) is 12.2 Å². The molecular weight excluding hydrogens is 184 g/mol. The molecular formula is C10H16O4. The van der Waals surface area contributed by atoms with Gasteiger partial charge in [-0.05, 0) is 13.3 Å². The second kappa shape index (κ2) is 7.12. The molecule has 0 aromatic carbocycles. The molecule has 0 atom stereocenters. The van der Waals surface area contributed by atoms with E-state index in [-0.39, 0.29) is 6.61 Å². The fraction of sp³-hybridized carbons (Fsp3) is 0.600. The molecule has 0 saturated heterocycles. The summed E-state index contributed by atoms with van der Waals surface area (Å²) in [6, 6.07) is 0. The second-order valence-corrected chi connectivity index (χ2v) is 2.64. The molecule has 0 aliphatic rings. The molecule has 0 spiro atoms. The van der Waals surface area contributed by atoms with E-state index in [1.54, 1.807) is 13.0 Å². The van der Waals surface area contributed by atoms with Crippen LogP contribution in [0.15, 0.2) is 11.6 Å². The lowest BCUT2D eigenvalue weighted by atomic mass is 10.2. The molecule has 0 aliphatic carbocycles. The molecule has 0 aromatic rings. The fourth-order valence-electron chi connectivity index (χ4n) is 0.851. The molecule has 4 heteroatoms. The first-order valence-electron chi connectivity index (χ1n) is 4.61. The fourth-order valence-corrected chi connectivity index (χ4v) is 0.851. The number of hydrogen-bond donors (Lipinski definition) is 0. The van der Waals surface area contributed by atoms with Gasteiger partial charge in [0, 0.05) is 6.92 Å². The minimum atomic E-state index is -0.421. The number of esters is 2. The summed E-state index contributed by atoms with van der Waals surface area (Å²) < 4.78 is 9.51. The Labute approximate surface area is 83.9 Å². The highest BCUT2D eigenvalue weighted by Gasteiger charge is 2.10. The van der Waals surface area contributed by atoms with Crippen LogP contribution in [0.4, 0.5) is 0 Å². The van der Waals surface area contributed by atoms with Gasteiger partial charge in [-0.1, -0.05) is 13.0 Å². The van der Waals surface area contributed by atoms with Crippen LogP contribution < -0.4 is 0 Å². The van der Waals surface area contributed by atoms with Crippen LogP contribution in [-0.4, -0.2) is 25.2 Å². The molecule has 14 heavy (non-hydrogen) atoms. The van der Waals surface area contributed by atoms with E-state index >= 15 is 0 Å². The zero-order chi connectivity index (χ0) is 11.0. The molecule has 80 valence electrons. The highest BCUT2D eigenvalue weighted by molar-refractivity contribution is 5.89. The topological polar surface area (TPSA) is 52.6 Å². The van der Waals surface area contributed by atoms with Crippen LogP contribution >= 0.6 is 0 Å². The molecule has 0 amide bonds. The number of rotatable bonds is 5. The predicted octanol–water partition coefficient (Wildman–Crippen LogP) is 1.45. The van der Waals surface area contributed by atoms with Crippen LogP contribution in [0.2, 0.25) is 0 Å². The average molecular weight is 200 g/mol. The summed E-state index contributed by atoms with van der Waals surface area (Å²) in [5, 5.41) is 0. The van der Waals surface area contributed by atoms with Gasteiger partial charge in [0.1, 0.15) is 6.61 Å². The van der Waals surface area contributed by atoms with E-state index in [1.165, 1.54) is 6.92 Å². The van der Waals surface area contributed by atoms with E-state index in [2.05, 4.69) is 0 Å². The van der Waals surface area contributed by atoms with Crippen LogP contribution in [0.5, 0.6) is 0 Å². The van der Waals surface area contributed by atoms with Crippen molar-refractivity contribution in [1.82, 2.24) is 0 Å². The van der Waals surface area contributed by atoms with Crippen molar-refractivity contribution in [2.45, 2.75) is 27.2 Å². The molecule has 0 N–H and O–H groups in total. The second-order valence-electron chi connectivity index (χ2n) is 2.64. The van der Waals surface area contributed by atoms with Crippen molar-refractivity contribution in [2.24, 2.45) is 0 Å². The molecule has 0 radical (unpaired) electrons. The molecule has 0 fully saturated rings. The number of ether oxygens (including phenoxy) is 2. The minimum Gasteiger partial charge on any atom is -0.463 e. The molecule has 4 nitrogen and oxygen atoms in total. The number of hydrogen-bond acceptors (Lipinski definition) is 4. The molecule has 0 unspecified atom stereocenters. The quantitative estimate of drug-likeness (QED) is 0.498. The van der Waals surface area contributed by atoms with Crippen LogP contribution in [-0.2, 0) is 19.1 Å². The Bertz CT molecular complexity index is 230. The van der Waals surface area contributed by atoms with E-state index in [9.17, 15) is 9.59 Å². The van der Waals surface area contributed by atoms with Gasteiger partial charge in [-0.3, -0.25) is 4.79 Å². The lowest BCUT2D eigenvalue weighted by molar-refractivity contribution is -0.142. The molecule has 0 saturated carbocycles. The van der Waals surface area contributed by atoms with Gasteiger partial charge in [0.15, 0.2) is 0 Å². The Morgan fingerprint density at radius 3 is 2.29 bits per heavy atom. The van der Waals surface area contributed by atoms with Crippen molar-refractivity contribution in [3.05, 3.63) is 11.6 Å². The van der Waals surface area contributed by atoms with Crippen LogP contribution in [0.3, 0.4) is 0 Å². The summed E-state index contributed by atoms with van der Waals surface area (Å²) in [6.07, 6.45) is 2.40. The van der Waals surface area contributed by atoms with Gasteiger partial charge >= 0.3 is 11.9 Å². The smallest absolute Gasteiger partial charge is 0.337 e. The van der Waals surface area contributed by atoms with Gasteiger partial charge in [0.2, 0.25) is 0 Å². The molecule has 0 aliphatic heterocycles. The zero-order valence-corrected chi connectivity index (χ0v) is 8.83. The van der Waals surface area contributed by atoms with Crippen LogP contribution in [0.25, 0.3) is 0 Å². The van der Waals surface area contributed by atoms with Crippen molar-refractivity contribution >= 4 is 11.9 Å². The highest BCUT2D eigenvalue weighted by Crippen LogP contribution is 2.01. The minimum absolute atomic E-state index is 0.0119. The first kappa shape index (κ1) is 12.7. The van der Waals surface area contributed by atoms with E-state index in [0.717, 1.165) is 0 Å². The molecule has 0 rings (SSSR count). The highest BCUT2D eigenvalue weighted by atomic mass is 16.5. The van der Waals surface area contributed by atoms with Gasteiger partial charge in [-0.25, -0.2) is 4.79 Å². The SMILES string of the molecule is CCC=C(COC(C)=O)C(=O)OCC. The van der Waals surface area contributed by atoms with E-state index < -0.39 is 11.9 Å². The lowest BCUT2D eigenvalue weighted by Crippen LogP contribution is -2.14. The third kappa shape index (κ3) is 5.35. The van der Waals surface area contributed by atoms with Crippen molar-refractivity contribution in [1.29, 1.82) is 0 Å². The summed E-state index contributed by atoms with van der Waals surface area (Å²) >= 11 is 0. The number of carbonyl (C=O) groups excluding carboxylic acids is 2. The van der Waals surface area contributed by atoms with Gasteiger partial charge in [0.25, 0.3) is 0 Å². The summed E-state index contributed by atoms with van der Waals surface area (Å²) in [5.41, 5.74) is 0.393. The Kier molecular flexibility index (Phi) is 6.45. The zero-order valence-electron chi connectivity index (χ0n) is 8.83. The first-order chi connectivity index (χ1) is 6.61. The standard InChI is InChI=1S/C10H16O4/c1-4-6-9(7-14-8(3)11)10(12)13-5-2/h6H,4-5,7H2,1-3H3. The largest absolute Gasteiger partial charge is 0.463 e. The normalized spacial score (nSPS) is 10.9. The monoisotopic (exact) mass is 200 g/mol.